The maximum absolute atomic E-state index is 13.2. The molecule has 0 saturated carbocycles. The van der Waals surface area contributed by atoms with E-state index in [9.17, 15) is 14.0 Å². The third kappa shape index (κ3) is 1.39. The van der Waals surface area contributed by atoms with Crippen LogP contribution >= 0.6 is 11.6 Å². The van der Waals surface area contributed by atoms with Gasteiger partial charge in [0.2, 0.25) is 11.8 Å². The van der Waals surface area contributed by atoms with E-state index in [0.29, 0.717) is 5.69 Å². The zero-order valence-electron chi connectivity index (χ0n) is 10.1. The Kier molecular flexibility index (Phi) is 2.35. The van der Waals surface area contributed by atoms with Crippen molar-refractivity contribution < 1.29 is 18.7 Å². The summed E-state index contributed by atoms with van der Waals surface area (Å²) in [5.41, 5.74) is 0.306. The summed E-state index contributed by atoms with van der Waals surface area (Å²) in [5, 5.41) is -0.113. The van der Waals surface area contributed by atoms with Crippen LogP contribution in [0.3, 0.4) is 0 Å². The van der Waals surface area contributed by atoms with Gasteiger partial charge in [0.15, 0.2) is 0 Å². The van der Waals surface area contributed by atoms with Gasteiger partial charge in [-0.1, -0.05) is 23.8 Å². The van der Waals surface area contributed by atoms with Gasteiger partial charge >= 0.3 is 0 Å². The lowest BCUT2D eigenvalue weighted by Gasteiger charge is -2.17. The van der Waals surface area contributed by atoms with E-state index in [-0.39, 0.29) is 29.0 Å². The van der Waals surface area contributed by atoms with Crippen LogP contribution in [0.15, 0.2) is 30.4 Å². The van der Waals surface area contributed by atoms with E-state index in [4.69, 9.17) is 16.3 Å². The van der Waals surface area contributed by atoms with E-state index in [1.807, 2.05) is 12.2 Å². The first-order valence-electron chi connectivity index (χ1n) is 6.24. The molecular formula is C14H9ClFNO3. The van der Waals surface area contributed by atoms with Crippen molar-refractivity contribution in [2.75, 3.05) is 4.90 Å². The number of rotatable bonds is 1. The van der Waals surface area contributed by atoms with Gasteiger partial charge in [0.1, 0.15) is 5.82 Å². The summed E-state index contributed by atoms with van der Waals surface area (Å²) in [6, 6.07) is 3.83. The summed E-state index contributed by atoms with van der Waals surface area (Å²) in [6.07, 6.45) is 2.97. The minimum absolute atomic E-state index is 0.113. The van der Waals surface area contributed by atoms with Gasteiger partial charge in [0, 0.05) is 0 Å². The summed E-state index contributed by atoms with van der Waals surface area (Å²) in [6.45, 7) is 0. The Balaban J connectivity index is 1.76. The summed E-state index contributed by atoms with van der Waals surface area (Å²) in [5.74, 6) is -2.14. The largest absolute Gasteiger partial charge is 0.365 e. The molecule has 0 aromatic heterocycles. The van der Waals surface area contributed by atoms with Gasteiger partial charge < -0.3 is 4.74 Å². The molecule has 3 aliphatic rings. The summed E-state index contributed by atoms with van der Waals surface area (Å²) >= 11 is 5.72. The maximum atomic E-state index is 13.2. The average molecular weight is 294 g/mol. The Bertz CT molecular complexity index is 644. The van der Waals surface area contributed by atoms with Crippen LogP contribution in [0.5, 0.6) is 0 Å². The molecule has 6 heteroatoms. The smallest absolute Gasteiger partial charge is 0.240 e. The number of halogens is 2. The second kappa shape index (κ2) is 3.90. The fourth-order valence-electron chi connectivity index (χ4n) is 3.18. The van der Waals surface area contributed by atoms with Crippen LogP contribution in [-0.4, -0.2) is 24.0 Å². The zero-order valence-corrected chi connectivity index (χ0v) is 10.9. The molecule has 0 unspecified atom stereocenters. The van der Waals surface area contributed by atoms with Gasteiger partial charge in [-0.3, -0.25) is 9.59 Å². The van der Waals surface area contributed by atoms with Crippen molar-refractivity contribution in [1.82, 2.24) is 0 Å². The summed E-state index contributed by atoms with van der Waals surface area (Å²) in [7, 11) is 0. The average Bonchev–Trinajstić information content (AvgIpc) is 3.08. The minimum Gasteiger partial charge on any atom is -0.365 e. The monoisotopic (exact) mass is 293 g/mol. The number of imide groups is 1. The fourth-order valence-corrected chi connectivity index (χ4v) is 3.36. The molecule has 0 radical (unpaired) electrons. The lowest BCUT2D eigenvalue weighted by molar-refractivity contribution is -0.124. The highest BCUT2D eigenvalue weighted by atomic mass is 35.5. The van der Waals surface area contributed by atoms with Crippen molar-refractivity contribution in [3.63, 3.8) is 0 Å². The van der Waals surface area contributed by atoms with Crippen molar-refractivity contribution in [3.05, 3.63) is 41.2 Å². The number of carbonyl (C=O) groups is 2. The number of benzene rings is 1. The number of carbonyl (C=O) groups excluding carboxylic acids is 2. The molecule has 1 aromatic carbocycles. The molecule has 4 rings (SSSR count). The topological polar surface area (TPSA) is 46.6 Å². The van der Waals surface area contributed by atoms with Crippen molar-refractivity contribution in [1.29, 1.82) is 0 Å². The molecule has 2 amide bonds. The molecule has 4 nitrogen and oxygen atoms in total. The predicted molar refractivity (Wildman–Crippen MR) is 68.7 cm³/mol. The first-order chi connectivity index (χ1) is 9.58. The van der Waals surface area contributed by atoms with E-state index >= 15 is 0 Å². The number of fused-ring (bicyclic) bond motifs is 5. The SMILES string of the molecule is O=C1[C@@H]2[C@H](C(=O)N1c1ccc(F)c(Cl)c1)[C@@H]1C=C[C@H]2O1. The van der Waals surface area contributed by atoms with E-state index < -0.39 is 17.7 Å². The molecule has 0 aliphatic carbocycles. The van der Waals surface area contributed by atoms with Gasteiger partial charge in [0.05, 0.1) is 34.8 Å². The van der Waals surface area contributed by atoms with Gasteiger partial charge in [-0.2, -0.15) is 0 Å². The van der Waals surface area contributed by atoms with Gasteiger partial charge in [0.25, 0.3) is 0 Å². The molecule has 2 saturated heterocycles. The molecule has 2 bridgehead atoms. The number of ether oxygens (including phenoxy) is 1. The van der Waals surface area contributed by atoms with Gasteiger partial charge in [-0.25, -0.2) is 9.29 Å². The van der Waals surface area contributed by atoms with Crippen molar-refractivity contribution >= 4 is 29.1 Å². The number of hydrogen-bond donors (Lipinski definition) is 0. The van der Waals surface area contributed by atoms with Crippen LogP contribution in [0.25, 0.3) is 0 Å². The number of amides is 2. The molecule has 102 valence electrons. The molecule has 0 N–H and O–H groups in total. The van der Waals surface area contributed by atoms with Crippen LogP contribution in [-0.2, 0) is 14.3 Å². The highest BCUT2D eigenvalue weighted by molar-refractivity contribution is 6.31. The van der Waals surface area contributed by atoms with E-state index in [1.165, 1.54) is 12.1 Å². The Morgan fingerprint density at radius 2 is 1.70 bits per heavy atom. The molecule has 0 spiro atoms. The van der Waals surface area contributed by atoms with Crippen LogP contribution < -0.4 is 4.90 Å². The first kappa shape index (κ1) is 12.1. The summed E-state index contributed by atoms with van der Waals surface area (Å²) < 4.78 is 18.7. The standard InChI is InChI=1S/C14H9ClFNO3/c15-7-5-6(1-2-8(7)16)17-13(18)11-9-3-4-10(20-9)12(11)14(17)19/h1-5,9-12H/t9-,10+,11+,12-. The third-order valence-corrected chi connectivity index (χ3v) is 4.36. The van der Waals surface area contributed by atoms with Crippen LogP contribution in [0.1, 0.15) is 0 Å². The Morgan fingerprint density at radius 3 is 2.25 bits per heavy atom. The number of nitrogens with zero attached hydrogens (tertiary/aromatic N) is 1. The molecule has 3 aliphatic heterocycles. The van der Waals surface area contributed by atoms with Crippen molar-refractivity contribution in [3.8, 4) is 0 Å². The highest BCUT2D eigenvalue weighted by Gasteiger charge is 2.61. The van der Waals surface area contributed by atoms with E-state index in [0.717, 1.165) is 11.0 Å². The van der Waals surface area contributed by atoms with Crippen molar-refractivity contribution in [2.24, 2.45) is 11.8 Å². The maximum Gasteiger partial charge on any atom is 0.240 e. The first-order valence-corrected chi connectivity index (χ1v) is 6.62. The zero-order chi connectivity index (χ0) is 14.0. The lowest BCUT2D eigenvalue weighted by atomic mass is 9.85. The predicted octanol–water partition coefficient (Wildman–Crippen LogP) is 1.92. The molecule has 4 atom stereocenters. The van der Waals surface area contributed by atoms with Crippen LogP contribution in [0.2, 0.25) is 5.02 Å². The highest BCUT2D eigenvalue weighted by Crippen LogP contribution is 2.46. The molecule has 20 heavy (non-hydrogen) atoms. The Labute approximate surface area is 118 Å². The lowest BCUT2D eigenvalue weighted by Crippen LogP contribution is -2.34. The number of hydrogen-bond acceptors (Lipinski definition) is 3. The number of anilines is 1. The molecule has 3 heterocycles. The van der Waals surface area contributed by atoms with Gasteiger partial charge in [-0.15, -0.1) is 0 Å². The molecular weight excluding hydrogens is 285 g/mol. The summed E-state index contributed by atoms with van der Waals surface area (Å²) in [4.78, 5) is 26.0. The third-order valence-electron chi connectivity index (χ3n) is 4.07. The van der Waals surface area contributed by atoms with Crippen LogP contribution in [0.4, 0.5) is 10.1 Å². The van der Waals surface area contributed by atoms with Crippen molar-refractivity contribution in [2.45, 2.75) is 12.2 Å². The van der Waals surface area contributed by atoms with Gasteiger partial charge in [-0.05, 0) is 18.2 Å². The Morgan fingerprint density at radius 1 is 1.10 bits per heavy atom. The van der Waals surface area contributed by atoms with Crippen LogP contribution in [0, 0.1) is 17.7 Å². The normalized spacial score (nSPS) is 34.2. The Hall–Kier alpha value is -1.72. The fraction of sp³-hybridized carbons (Fsp3) is 0.286. The molecule has 1 aromatic rings. The van der Waals surface area contributed by atoms with E-state index in [1.54, 1.807) is 0 Å². The minimum atomic E-state index is -0.584. The van der Waals surface area contributed by atoms with E-state index in [2.05, 4.69) is 0 Å². The molecule has 2 fully saturated rings. The second-order valence-electron chi connectivity index (χ2n) is 5.11. The second-order valence-corrected chi connectivity index (χ2v) is 5.52. The quantitative estimate of drug-likeness (QED) is 0.587.